The maximum Gasteiger partial charge on any atom is 0.307 e. The normalized spacial score (nSPS) is 12.7. The van der Waals surface area contributed by atoms with Gasteiger partial charge in [0, 0.05) is 5.56 Å². The van der Waals surface area contributed by atoms with Crippen molar-refractivity contribution < 1.29 is 14.6 Å². The Kier molecular flexibility index (Phi) is 1.72. The third-order valence-corrected chi connectivity index (χ3v) is 2.24. The van der Waals surface area contributed by atoms with E-state index in [0.717, 1.165) is 16.9 Å². The molecule has 3 nitrogen and oxygen atoms in total. The molecule has 0 amide bonds. The summed E-state index contributed by atoms with van der Waals surface area (Å²) in [5, 5.41) is 8.63. The Morgan fingerprint density at radius 3 is 2.92 bits per heavy atom. The molecule has 1 aliphatic rings. The third kappa shape index (κ3) is 1.37. The van der Waals surface area contributed by atoms with Gasteiger partial charge in [-0.2, -0.15) is 0 Å². The lowest BCUT2D eigenvalue weighted by molar-refractivity contribution is -0.136. The molecule has 1 aromatic carbocycles. The second kappa shape index (κ2) is 2.76. The summed E-state index contributed by atoms with van der Waals surface area (Å²) < 4.78 is 5.16. The van der Waals surface area contributed by atoms with Crippen LogP contribution in [0.1, 0.15) is 16.7 Å². The summed E-state index contributed by atoms with van der Waals surface area (Å²) in [5.74, 6) is 0.0317. The van der Waals surface area contributed by atoms with Crippen molar-refractivity contribution in [2.75, 3.05) is 0 Å². The average Bonchev–Trinajstić information content (AvgIpc) is 2.02. The smallest absolute Gasteiger partial charge is 0.307 e. The second-order valence-electron chi connectivity index (χ2n) is 3.25. The van der Waals surface area contributed by atoms with Gasteiger partial charge in [-0.25, -0.2) is 0 Å². The van der Waals surface area contributed by atoms with E-state index in [1.54, 1.807) is 0 Å². The number of benzene rings is 1. The number of aliphatic carboxylic acids is 1. The second-order valence-corrected chi connectivity index (χ2v) is 3.25. The molecule has 1 N–H and O–H groups in total. The summed E-state index contributed by atoms with van der Waals surface area (Å²) >= 11 is 0. The van der Waals surface area contributed by atoms with Gasteiger partial charge in [0.1, 0.15) is 12.4 Å². The SMILES string of the molecule is Cc1cc2c(cc1CC(=O)O)OC2. The van der Waals surface area contributed by atoms with Crippen molar-refractivity contribution >= 4 is 5.97 Å². The molecule has 0 spiro atoms. The summed E-state index contributed by atoms with van der Waals surface area (Å²) in [4.78, 5) is 10.5. The van der Waals surface area contributed by atoms with Crippen LogP contribution in [-0.4, -0.2) is 11.1 Å². The third-order valence-electron chi connectivity index (χ3n) is 2.24. The first-order valence-corrected chi connectivity index (χ1v) is 4.14. The highest BCUT2D eigenvalue weighted by atomic mass is 16.5. The van der Waals surface area contributed by atoms with Crippen molar-refractivity contribution in [1.29, 1.82) is 0 Å². The zero-order valence-corrected chi connectivity index (χ0v) is 7.33. The van der Waals surface area contributed by atoms with Gasteiger partial charge < -0.3 is 9.84 Å². The zero-order chi connectivity index (χ0) is 9.42. The van der Waals surface area contributed by atoms with Crippen molar-refractivity contribution in [2.45, 2.75) is 20.0 Å². The van der Waals surface area contributed by atoms with Crippen LogP contribution in [-0.2, 0) is 17.8 Å². The highest BCUT2D eigenvalue weighted by Crippen LogP contribution is 2.31. The van der Waals surface area contributed by atoms with Crippen LogP contribution in [0.15, 0.2) is 12.1 Å². The van der Waals surface area contributed by atoms with Crippen LogP contribution in [0.2, 0.25) is 0 Å². The Morgan fingerprint density at radius 2 is 2.38 bits per heavy atom. The standard InChI is InChI=1S/C10H10O3/c1-6-2-8-5-13-9(8)3-7(6)4-10(11)12/h2-3H,4-5H2,1H3,(H,11,12). The van der Waals surface area contributed by atoms with Crippen molar-refractivity contribution in [3.8, 4) is 5.75 Å². The summed E-state index contributed by atoms with van der Waals surface area (Å²) in [6, 6.07) is 3.82. The monoisotopic (exact) mass is 178 g/mol. The van der Waals surface area contributed by atoms with Gasteiger partial charge in [-0.3, -0.25) is 4.79 Å². The van der Waals surface area contributed by atoms with Crippen LogP contribution in [0, 0.1) is 6.92 Å². The van der Waals surface area contributed by atoms with E-state index in [2.05, 4.69) is 0 Å². The molecule has 0 aromatic heterocycles. The zero-order valence-electron chi connectivity index (χ0n) is 7.33. The van der Waals surface area contributed by atoms with Crippen molar-refractivity contribution in [3.05, 3.63) is 28.8 Å². The Balaban J connectivity index is 2.35. The van der Waals surface area contributed by atoms with Crippen LogP contribution in [0.3, 0.4) is 0 Å². The quantitative estimate of drug-likeness (QED) is 0.746. The van der Waals surface area contributed by atoms with Crippen LogP contribution < -0.4 is 4.74 Å². The molecule has 3 heteroatoms. The largest absolute Gasteiger partial charge is 0.488 e. The maximum absolute atomic E-state index is 10.5. The summed E-state index contributed by atoms with van der Waals surface area (Å²) in [7, 11) is 0. The topological polar surface area (TPSA) is 46.5 Å². The fraction of sp³-hybridized carbons (Fsp3) is 0.300. The Morgan fingerprint density at radius 1 is 1.62 bits per heavy atom. The average molecular weight is 178 g/mol. The van der Waals surface area contributed by atoms with E-state index in [1.165, 1.54) is 5.56 Å². The lowest BCUT2D eigenvalue weighted by atomic mass is 10.00. The number of ether oxygens (including phenoxy) is 1. The van der Waals surface area contributed by atoms with E-state index < -0.39 is 5.97 Å². The van der Waals surface area contributed by atoms with E-state index in [0.29, 0.717) is 6.61 Å². The molecule has 0 aliphatic carbocycles. The van der Waals surface area contributed by atoms with Crippen LogP contribution in [0.25, 0.3) is 0 Å². The number of rotatable bonds is 2. The predicted octanol–water partition coefficient (Wildman–Crippen LogP) is 1.51. The van der Waals surface area contributed by atoms with Gasteiger partial charge in [0.15, 0.2) is 0 Å². The summed E-state index contributed by atoms with van der Waals surface area (Å²) in [6.45, 7) is 2.58. The van der Waals surface area contributed by atoms with E-state index in [-0.39, 0.29) is 6.42 Å². The van der Waals surface area contributed by atoms with Gasteiger partial charge in [0.2, 0.25) is 0 Å². The molecule has 0 unspecified atom stereocenters. The molecular weight excluding hydrogens is 168 g/mol. The predicted molar refractivity (Wildman–Crippen MR) is 46.9 cm³/mol. The number of aryl methyl sites for hydroxylation is 1. The highest BCUT2D eigenvalue weighted by molar-refractivity contribution is 5.71. The fourth-order valence-corrected chi connectivity index (χ4v) is 1.47. The number of carboxylic acid groups (broad SMARTS) is 1. The molecule has 0 atom stereocenters. The Hall–Kier alpha value is -1.51. The van der Waals surface area contributed by atoms with Gasteiger partial charge in [-0.05, 0) is 30.2 Å². The lowest BCUT2D eigenvalue weighted by Gasteiger charge is -2.22. The molecule has 1 aromatic rings. The van der Waals surface area contributed by atoms with Crippen molar-refractivity contribution in [3.63, 3.8) is 0 Å². The number of carbonyl (C=O) groups is 1. The summed E-state index contributed by atoms with van der Waals surface area (Å²) in [6.07, 6.45) is 0.0719. The molecule has 68 valence electrons. The minimum atomic E-state index is -0.803. The fourth-order valence-electron chi connectivity index (χ4n) is 1.47. The molecule has 0 radical (unpaired) electrons. The molecule has 1 heterocycles. The first-order chi connectivity index (χ1) is 6.16. The number of carboxylic acids is 1. The molecule has 0 bridgehead atoms. The first-order valence-electron chi connectivity index (χ1n) is 4.14. The van der Waals surface area contributed by atoms with E-state index in [1.807, 2.05) is 19.1 Å². The number of fused-ring (bicyclic) bond motifs is 1. The van der Waals surface area contributed by atoms with Crippen molar-refractivity contribution in [2.24, 2.45) is 0 Å². The maximum atomic E-state index is 10.5. The molecule has 0 saturated heterocycles. The molecule has 0 saturated carbocycles. The van der Waals surface area contributed by atoms with Gasteiger partial charge >= 0.3 is 5.97 Å². The lowest BCUT2D eigenvalue weighted by Crippen LogP contribution is -2.12. The molecule has 13 heavy (non-hydrogen) atoms. The van der Waals surface area contributed by atoms with Gasteiger partial charge in [0.05, 0.1) is 6.42 Å². The van der Waals surface area contributed by atoms with Gasteiger partial charge in [-0.15, -0.1) is 0 Å². The molecule has 1 aliphatic heterocycles. The molecular formula is C10H10O3. The summed E-state index contributed by atoms with van der Waals surface area (Å²) in [5.41, 5.74) is 3.04. The van der Waals surface area contributed by atoms with E-state index >= 15 is 0 Å². The molecule has 2 rings (SSSR count). The van der Waals surface area contributed by atoms with Gasteiger partial charge in [0.25, 0.3) is 0 Å². The van der Waals surface area contributed by atoms with Crippen LogP contribution >= 0.6 is 0 Å². The van der Waals surface area contributed by atoms with Crippen LogP contribution in [0.5, 0.6) is 5.75 Å². The Bertz CT molecular complexity index is 369. The van der Waals surface area contributed by atoms with E-state index in [4.69, 9.17) is 9.84 Å². The first kappa shape index (κ1) is 8.10. The molecule has 0 fully saturated rings. The minimum absolute atomic E-state index is 0.0719. The van der Waals surface area contributed by atoms with Crippen LogP contribution in [0.4, 0.5) is 0 Å². The minimum Gasteiger partial charge on any atom is -0.488 e. The van der Waals surface area contributed by atoms with Gasteiger partial charge in [-0.1, -0.05) is 0 Å². The highest BCUT2D eigenvalue weighted by Gasteiger charge is 2.17. The number of hydrogen-bond donors (Lipinski definition) is 1. The van der Waals surface area contributed by atoms with E-state index in [9.17, 15) is 4.79 Å². The van der Waals surface area contributed by atoms with Crippen molar-refractivity contribution in [1.82, 2.24) is 0 Å². The Labute approximate surface area is 76.0 Å². The number of hydrogen-bond acceptors (Lipinski definition) is 2.